The van der Waals surface area contributed by atoms with E-state index >= 15 is 0 Å². The molecule has 0 bridgehead atoms. The molecular weight excluding hydrogens is 221 g/mol. The highest BCUT2D eigenvalue weighted by Crippen LogP contribution is 2.25. The molecule has 0 saturated carbocycles. The number of halogens is 3. The summed E-state index contributed by atoms with van der Waals surface area (Å²) in [6, 6.07) is 0.540. The number of H-pyrrole nitrogens is 1. The van der Waals surface area contributed by atoms with Crippen molar-refractivity contribution in [1.29, 1.82) is 0 Å². The van der Waals surface area contributed by atoms with Gasteiger partial charge < -0.3 is 4.98 Å². The number of nitro groups is 1. The molecule has 1 aromatic heterocycles. The van der Waals surface area contributed by atoms with Crippen LogP contribution in [0, 0.1) is 10.1 Å². The molecule has 0 aliphatic heterocycles. The molecule has 82 valence electrons. The lowest BCUT2D eigenvalue weighted by Gasteiger charge is -2.05. The lowest BCUT2D eigenvalue weighted by molar-refractivity contribution is -0.445. The van der Waals surface area contributed by atoms with Gasteiger partial charge >= 0.3 is 6.18 Å². The molecule has 15 heavy (non-hydrogen) atoms. The first-order chi connectivity index (χ1) is 6.79. The van der Waals surface area contributed by atoms with E-state index < -0.39 is 28.4 Å². The molecule has 10 heteroatoms. The van der Waals surface area contributed by atoms with E-state index in [2.05, 4.69) is 4.98 Å². The molecule has 1 rings (SSSR count). The van der Waals surface area contributed by atoms with E-state index in [4.69, 9.17) is 0 Å². The molecule has 0 aromatic carbocycles. The van der Waals surface area contributed by atoms with Gasteiger partial charge in [0, 0.05) is 0 Å². The molecular formula is C5H3F3N4O3. The third-order valence-electron chi connectivity index (χ3n) is 1.22. The Morgan fingerprint density at radius 1 is 1.53 bits per heavy atom. The van der Waals surface area contributed by atoms with E-state index in [1.165, 1.54) is 10.4 Å². The van der Waals surface area contributed by atoms with Crippen molar-refractivity contribution in [1.82, 2.24) is 9.97 Å². The first-order valence-corrected chi connectivity index (χ1v) is 3.38. The fourth-order valence-electron chi connectivity index (χ4n) is 0.743. The number of aromatic amines is 1. The minimum Gasteiger partial charge on any atom is -0.303 e. The highest BCUT2D eigenvalue weighted by Gasteiger charge is 2.34. The Morgan fingerprint density at radius 2 is 2.13 bits per heavy atom. The van der Waals surface area contributed by atoms with Gasteiger partial charge in [0.05, 0.1) is 6.07 Å². The molecule has 7 nitrogen and oxygen atoms in total. The van der Waals surface area contributed by atoms with Gasteiger partial charge in [0.1, 0.15) is 0 Å². The Morgan fingerprint density at radius 3 is 2.60 bits per heavy atom. The van der Waals surface area contributed by atoms with Crippen LogP contribution in [0.2, 0.25) is 0 Å². The number of alkyl halides is 3. The lowest BCUT2D eigenvalue weighted by Crippen LogP contribution is -2.21. The molecule has 2 N–H and O–H groups in total. The third-order valence-corrected chi connectivity index (χ3v) is 1.22. The summed E-state index contributed by atoms with van der Waals surface area (Å²) in [5.41, 5.74) is 0.212. The van der Waals surface area contributed by atoms with E-state index in [0.29, 0.717) is 6.07 Å². The molecule has 0 saturated heterocycles. The molecule has 1 aromatic rings. The Balaban J connectivity index is 3.17. The van der Waals surface area contributed by atoms with Crippen molar-refractivity contribution < 1.29 is 18.2 Å². The van der Waals surface area contributed by atoms with Gasteiger partial charge in [-0.2, -0.15) is 13.2 Å². The number of rotatable bonds is 2. The van der Waals surface area contributed by atoms with Crippen molar-refractivity contribution in [3.63, 3.8) is 0 Å². The maximum absolute atomic E-state index is 12.1. The predicted octanol–water partition coefficient (Wildman–Crippen LogP) is 0.392. The zero-order valence-corrected chi connectivity index (χ0v) is 6.83. The van der Waals surface area contributed by atoms with Crippen LogP contribution in [0.4, 0.5) is 19.0 Å². The monoisotopic (exact) mass is 224 g/mol. The van der Waals surface area contributed by atoms with Crippen molar-refractivity contribution in [2.45, 2.75) is 6.18 Å². The van der Waals surface area contributed by atoms with Gasteiger partial charge in [0.15, 0.2) is 10.9 Å². The number of hydrazine groups is 1. The molecule has 1 heterocycles. The number of anilines is 1. The van der Waals surface area contributed by atoms with Crippen molar-refractivity contribution in [2.75, 3.05) is 5.43 Å². The van der Waals surface area contributed by atoms with Crippen LogP contribution >= 0.6 is 0 Å². The molecule has 0 fully saturated rings. The molecule has 0 amide bonds. The van der Waals surface area contributed by atoms with Crippen LogP contribution < -0.4 is 11.0 Å². The summed E-state index contributed by atoms with van der Waals surface area (Å²) in [4.78, 5) is 24.8. The van der Waals surface area contributed by atoms with E-state index in [1.54, 1.807) is 0 Å². The van der Waals surface area contributed by atoms with E-state index in [-0.39, 0.29) is 0 Å². The summed E-state index contributed by atoms with van der Waals surface area (Å²) in [5, 5.41) is 8.78. The standard InChI is InChI=1S/C5H3F3N4O3/c6-5(7,8)4-9-2(11-12(14)15)1-3(13)10-4/h1H,(H2,9,10,11,13). The minimum absolute atomic E-state index is 0.540. The molecule has 0 spiro atoms. The zero-order valence-electron chi connectivity index (χ0n) is 6.83. The minimum atomic E-state index is -4.87. The quantitative estimate of drug-likeness (QED) is 0.559. The van der Waals surface area contributed by atoms with Gasteiger partial charge in [-0.1, -0.05) is 5.43 Å². The van der Waals surface area contributed by atoms with Crippen LogP contribution in [0.3, 0.4) is 0 Å². The normalized spacial score (nSPS) is 11.1. The van der Waals surface area contributed by atoms with Gasteiger partial charge in [-0.25, -0.2) is 15.1 Å². The van der Waals surface area contributed by atoms with E-state index in [1.807, 2.05) is 0 Å². The maximum Gasteiger partial charge on any atom is 0.449 e. The van der Waals surface area contributed by atoms with Crippen LogP contribution in [0.1, 0.15) is 5.82 Å². The first-order valence-electron chi connectivity index (χ1n) is 3.38. The second kappa shape index (κ2) is 3.55. The van der Waals surface area contributed by atoms with E-state index in [9.17, 15) is 28.1 Å². The highest BCUT2D eigenvalue weighted by molar-refractivity contribution is 5.29. The largest absolute Gasteiger partial charge is 0.449 e. The summed E-state index contributed by atoms with van der Waals surface area (Å²) in [6.07, 6.45) is -4.87. The van der Waals surface area contributed by atoms with Crippen molar-refractivity contribution in [3.8, 4) is 0 Å². The summed E-state index contributed by atoms with van der Waals surface area (Å²) in [6.45, 7) is 0. The first kappa shape index (κ1) is 10.9. The fraction of sp³-hybridized carbons (Fsp3) is 0.200. The van der Waals surface area contributed by atoms with Crippen LogP contribution in [0.5, 0.6) is 0 Å². The number of nitrogens with zero attached hydrogens (tertiary/aromatic N) is 2. The number of aromatic nitrogens is 2. The van der Waals surface area contributed by atoms with Gasteiger partial charge in [-0.3, -0.25) is 4.79 Å². The predicted molar refractivity (Wildman–Crippen MR) is 40.5 cm³/mol. The molecule has 0 atom stereocenters. The Bertz CT molecular complexity index is 440. The lowest BCUT2D eigenvalue weighted by atomic mass is 10.5. The molecule has 0 radical (unpaired) electrons. The van der Waals surface area contributed by atoms with Gasteiger partial charge in [0.25, 0.3) is 5.56 Å². The van der Waals surface area contributed by atoms with Crippen molar-refractivity contribution >= 4 is 5.82 Å². The number of hydrogen-bond donors (Lipinski definition) is 2. The second-order valence-electron chi connectivity index (χ2n) is 2.35. The zero-order chi connectivity index (χ0) is 11.6. The molecule has 0 aliphatic rings. The second-order valence-corrected chi connectivity index (χ2v) is 2.35. The van der Waals surface area contributed by atoms with Crippen LogP contribution in [-0.2, 0) is 6.18 Å². The third kappa shape index (κ3) is 2.93. The maximum atomic E-state index is 12.1. The molecule has 0 unspecified atom stereocenters. The Hall–Kier alpha value is -2.13. The van der Waals surface area contributed by atoms with Crippen LogP contribution in [-0.4, -0.2) is 15.0 Å². The summed E-state index contributed by atoms with van der Waals surface area (Å²) < 4.78 is 36.2. The topological polar surface area (TPSA) is 101 Å². The highest BCUT2D eigenvalue weighted by atomic mass is 19.4. The summed E-state index contributed by atoms with van der Waals surface area (Å²) in [5.74, 6) is -2.38. The van der Waals surface area contributed by atoms with Crippen molar-refractivity contribution in [3.05, 3.63) is 32.4 Å². The Kier molecular flexibility index (Phi) is 2.59. The summed E-state index contributed by atoms with van der Waals surface area (Å²) in [7, 11) is 0. The summed E-state index contributed by atoms with van der Waals surface area (Å²) >= 11 is 0. The fourth-order valence-corrected chi connectivity index (χ4v) is 0.743. The smallest absolute Gasteiger partial charge is 0.303 e. The molecule has 0 aliphatic carbocycles. The average Bonchev–Trinajstić information content (AvgIpc) is 1.99. The number of nitrogens with one attached hydrogen (secondary N) is 2. The van der Waals surface area contributed by atoms with Crippen LogP contribution in [0.25, 0.3) is 0 Å². The van der Waals surface area contributed by atoms with Gasteiger partial charge in [-0.15, -0.1) is 0 Å². The van der Waals surface area contributed by atoms with E-state index in [0.717, 1.165) is 0 Å². The van der Waals surface area contributed by atoms with Crippen LogP contribution in [0.15, 0.2) is 10.9 Å². The van der Waals surface area contributed by atoms with Crippen molar-refractivity contribution in [2.24, 2.45) is 0 Å². The van der Waals surface area contributed by atoms with Gasteiger partial charge in [0.2, 0.25) is 5.82 Å². The Labute approximate surface area is 79.1 Å². The van der Waals surface area contributed by atoms with Gasteiger partial charge in [-0.05, 0) is 0 Å². The number of hydrogen-bond acceptors (Lipinski definition) is 4. The SMILES string of the molecule is O=c1cc(N[N+](=O)[O-])nc(C(F)(F)F)[nH]1. The average molecular weight is 224 g/mol.